The Morgan fingerprint density at radius 2 is 1.62 bits per heavy atom. The van der Waals surface area contributed by atoms with E-state index < -0.39 is 0 Å². The van der Waals surface area contributed by atoms with E-state index in [0.29, 0.717) is 11.3 Å². The maximum atomic E-state index is 12.8. The maximum Gasteiger partial charge on any atom is 0.257 e. The first kappa shape index (κ1) is 15.1. The van der Waals surface area contributed by atoms with Crippen LogP contribution in [0.5, 0.6) is 0 Å². The van der Waals surface area contributed by atoms with Crippen LogP contribution in [0.2, 0.25) is 0 Å². The Hall–Kier alpha value is -2.27. The number of hydrogen-bond acceptors (Lipinski definition) is 2. The van der Waals surface area contributed by atoms with Crippen molar-refractivity contribution in [3.05, 3.63) is 65.0 Å². The summed E-state index contributed by atoms with van der Waals surface area (Å²) in [6.07, 6.45) is 0. The molecule has 0 radical (unpaired) electrons. The monoisotopic (exact) mass is 302 g/mol. The van der Waals surface area contributed by atoms with Crippen molar-refractivity contribution in [1.82, 2.24) is 5.32 Å². The molecule has 0 aromatic heterocycles. The van der Waals surface area contributed by atoms with E-state index in [0.717, 1.165) is 11.1 Å². The van der Waals surface area contributed by atoms with Crippen molar-refractivity contribution in [3.63, 3.8) is 0 Å². The zero-order valence-electron chi connectivity index (χ0n) is 11.7. The third-order valence-corrected chi connectivity index (χ3v) is 3.02. The molecule has 2 aromatic rings. The van der Waals surface area contributed by atoms with E-state index in [1.165, 1.54) is 12.1 Å². The van der Waals surface area contributed by atoms with E-state index in [1.807, 2.05) is 19.9 Å². The smallest absolute Gasteiger partial charge is 0.257 e. The molecule has 2 N–H and O–H groups in total. The van der Waals surface area contributed by atoms with Crippen molar-refractivity contribution >= 4 is 28.9 Å². The van der Waals surface area contributed by atoms with Gasteiger partial charge in [0.1, 0.15) is 5.82 Å². The van der Waals surface area contributed by atoms with Gasteiger partial charge in [-0.3, -0.25) is 10.1 Å². The van der Waals surface area contributed by atoms with Crippen molar-refractivity contribution in [2.75, 3.05) is 5.32 Å². The molecule has 0 heterocycles. The molecule has 0 saturated carbocycles. The largest absolute Gasteiger partial charge is 0.332 e. The first-order valence-corrected chi connectivity index (χ1v) is 6.81. The minimum Gasteiger partial charge on any atom is -0.332 e. The van der Waals surface area contributed by atoms with Crippen molar-refractivity contribution in [1.29, 1.82) is 0 Å². The molecule has 0 atom stereocenters. The van der Waals surface area contributed by atoms with Crippen molar-refractivity contribution in [2.24, 2.45) is 0 Å². The van der Waals surface area contributed by atoms with Crippen LogP contribution in [-0.2, 0) is 0 Å². The van der Waals surface area contributed by atoms with Gasteiger partial charge in [-0.2, -0.15) is 0 Å². The normalized spacial score (nSPS) is 10.0. The molecule has 5 heteroatoms. The highest BCUT2D eigenvalue weighted by Crippen LogP contribution is 2.10. The second-order valence-electron chi connectivity index (χ2n) is 4.79. The second kappa shape index (κ2) is 6.45. The summed E-state index contributed by atoms with van der Waals surface area (Å²) < 4.78 is 12.8. The molecule has 0 aliphatic carbocycles. The van der Waals surface area contributed by atoms with Crippen LogP contribution >= 0.6 is 12.2 Å². The fraction of sp³-hybridized carbons (Fsp3) is 0.125. The Bertz CT molecular complexity index is 663. The molecular weight excluding hydrogens is 287 g/mol. The highest BCUT2D eigenvalue weighted by Gasteiger charge is 2.09. The molecule has 108 valence electrons. The molecule has 21 heavy (non-hydrogen) atoms. The van der Waals surface area contributed by atoms with Crippen molar-refractivity contribution in [2.45, 2.75) is 13.8 Å². The lowest BCUT2D eigenvalue weighted by Crippen LogP contribution is -2.34. The minimum absolute atomic E-state index is 0.172. The molecule has 0 unspecified atom stereocenters. The third kappa shape index (κ3) is 4.36. The Morgan fingerprint density at radius 1 is 1.05 bits per heavy atom. The van der Waals surface area contributed by atoms with Crippen LogP contribution in [-0.4, -0.2) is 11.0 Å². The van der Waals surface area contributed by atoms with Crippen LogP contribution in [0.4, 0.5) is 10.1 Å². The second-order valence-corrected chi connectivity index (χ2v) is 5.20. The zero-order valence-corrected chi connectivity index (χ0v) is 12.6. The van der Waals surface area contributed by atoms with Crippen molar-refractivity contribution in [3.8, 4) is 0 Å². The van der Waals surface area contributed by atoms with Gasteiger partial charge in [-0.25, -0.2) is 4.39 Å². The minimum atomic E-state index is -0.328. The van der Waals surface area contributed by atoms with E-state index >= 15 is 0 Å². The van der Waals surface area contributed by atoms with Crippen LogP contribution < -0.4 is 10.6 Å². The molecule has 2 rings (SSSR count). The Balaban J connectivity index is 2.01. The Kier molecular flexibility index (Phi) is 4.65. The first-order chi connectivity index (χ1) is 9.94. The van der Waals surface area contributed by atoms with Crippen LogP contribution in [0, 0.1) is 19.7 Å². The van der Waals surface area contributed by atoms with Crippen LogP contribution in [0.1, 0.15) is 21.5 Å². The SMILES string of the molecule is Cc1cc(C)cc(C(=O)NC(=S)Nc2ccc(F)cc2)c1. The highest BCUT2D eigenvalue weighted by molar-refractivity contribution is 7.80. The fourth-order valence-electron chi connectivity index (χ4n) is 1.98. The van der Waals surface area contributed by atoms with Gasteiger partial charge in [0.25, 0.3) is 5.91 Å². The van der Waals surface area contributed by atoms with Gasteiger partial charge < -0.3 is 5.32 Å². The number of anilines is 1. The topological polar surface area (TPSA) is 41.1 Å². The van der Waals surface area contributed by atoms with Gasteiger partial charge in [-0.05, 0) is 62.5 Å². The van der Waals surface area contributed by atoms with Crippen molar-refractivity contribution < 1.29 is 9.18 Å². The number of aryl methyl sites for hydroxylation is 2. The van der Waals surface area contributed by atoms with Crippen LogP contribution in [0.3, 0.4) is 0 Å². The summed E-state index contributed by atoms with van der Waals surface area (Å²) in [4.78, 5) is 12.1. The molecule has 2 aromatic carbocycles. The number of benzene rings is 2. The summed E-state index contributed by atoms with van der Waals surface area (Å²) in [6.45, 7) is 3.86. The highest BCUT2D eigenvalue weighted by atomic mass is 32.1. The lowest BCUT2D eigenvalue weighted by atomic mass is 10.1. The summed E-state index contributed by atoms with van der Waals surface area (Å²) in [5.74, 6) is -0.604. The number of carbonyl (C=O) groups excluding carboxylic acids is 1. The van der Waals surface area contributed by atoms with Gasteiger partial charge in [0.2, 0.25) is 0 Å². The first-order valence-electron chi connectivity index (χ1n) is 6.40. The molecule has 0 aliphatic heterocycles. The number of amides is 1. The van der Waals surface area contributed by atoms with Gasteiger partial charge in [-0.1, -0.05) is 17.2 Å². The summed E-state index contributed by atoms with van der Waals surface area (Å²) in [5, 5.41) is 5.61. The molecular formula is C16H15FN2OS. The standard InChI is InChI=1S/C16H15FN2OS/c1-10-7-11(2)9-12(8-10)15(20)19-16(21)18-14-5-3-13(17)4-6-14/h3-9H,1-2H3,(H2,18,19,20,21). The van der Waals surface area contributed by atoms with Crippen LogP contribution in [0.15, 0.2) is 42.5 Å². The molecule has 0 bridgehead atoms. The number of rotatable bonds is 2. The molecule has 3 nitrogen and oxygen atoms in total. The summed E-state index contributed by atoms with van der Waals surface area (Å²) >= 11 is 5.07. The summed E-state index contributed by atoms with van der Waals surface area (Å²) in [6, 6.07) is 11.3. The number of hydrogen-bond donors (Lipinski definition) is 2. The zero-order chi connectivity index (χ0) is 15.4. The summed E-state index contributed by atoms with van der Waals surface area (Å²) in [5.41, 5.74) is 3.19. The van der Waals surface area contributed by atoms with E-state index in [1.54, 1.807) is 24.3 Å². The number of thiocarbonyl (C=S) groups is 1. The number of halogens is 1. The Labute approximate surface area is 128 Å². The third-order valence-electron chi connectivity index (χ3n) is 2.81. The lowest BCUT2D eigenvalue weighted by molar-refractivity contribution is 0.0977. The van der Waals surface area contributed by atoms with E-state index in [2.05, 4.69) is 10.6 Å². The van der Waals surface area contributed by atoms with Gasteiger partial charge in [0.05, 0.1) is 0 Å². The van der Waals surface area contributed by atoms with Gasteiger partial charge in [-0.15, -0.1) is 0 Å². The van der Waals surface area contributed by atoms with E-state index in [4.69, 9.17) is 12.2 Å². The quantitative estimate of drug-likeness (QED) is 0.833. The maximum absolute atomic E-state index is 12.8. The molecule has 0 fully saturated rings. The number of nitrogens with one attached hydrogen (secondary N) is 2. The molecule has 0 aliphatic rings. The fourth-order valence-corrected chi connectivity index (χ4v) is 2.19. The molecule has 1 amide bonds. The van der Waals surface area contributed by atoms with Gasteiger partial charge >= 0.3 is 0 Å². The average molecular weight is 302 g/mol. The van der Waals surface area contributed by atoms with Crippen LogP contribution in [0.25, 0.3) is 0 Å². The Morgan fingerprint density at radius 3 is 2.19 bits per heavy atom. The number of carbonyl (C=O) groups is 1. The lowest BCUT2D eigenvalue weighted by Gasteiger charge is -2.10. The summed E-state index contributed by atoms with van der Waals surface area (Å²) in [7, 11) is 0. The van der Waals surface area contributed by atoms with Gasteiger partial charge in [0, 0.05) is 11.3 Å². The molecule has 0 spiro atoms. The molecule has 0 saturated heterocycles. The van der Waals surface area contributed by atoms with E-state index in [-0.39, 0.29) is 16.8 Å². The predicted octanol–water partition coefficient (Wildman–Crippen LogP) is 3.57. The van der Waals surface area contributed by atoms with E-state index in [9.17, 15) is 9.18 Å². The predicted molar refractivity (Wildman–Crippen MR) is 86.0 cm³/mol. The van der Waals surface area contributed by atoms with Gasteiger partial charge in [0.15, 0.2) is 5.11 Å². The average Bonchev–Trinajstić information content (AvgIpc) is 2.40.